The van der Waals surface area contributed by atoms with E-state index < -0.39 is 16.6 Å². The molecule has 20 heavy (non-hydrogen) atoms. The molecule has 0 bridgehead atoms. The SMILES string of the molecule is Nc1ccc2nc(S(=O)Cc3cncc(F)c3)oc2c1. The van der Waals surface area contributed by atoms with Crippen molar-refractivity contribution in [3.05, 3.63) is 48.0 Å². The molecule has 1 atom stereocenters. The first-order valence-corrected chi connectivity index (χ1v) is 7.07. The Balaban J connectivity index is 1.88. The van der Waals surface area contributed by atoms with Gasteiger partial charge in [0.25, 0.3) is 5.22 Å². The summed E-state index contributed by atoms with van der Waals surface area (Å²) in [5.74, 6) is -0.377. The van der Waals surface area contributed by atoms with Gasteiger partial charge in [-0.15, -0.1) is 0 Å². The quantitative estimate of drug-likeness (QED) is 0.748. The second-order valence-electron chi connectivity index (χ2n) is 4.21. The Morgan fingerprint density at radius 1 is 1.30 bits per heavy atom. The number of halogens is 1. The highest BCUT2D eigenvalue weighted by Gasteiger charge is 2.14. The summed E-state index contributed by atoms with van der Waals surface area (Å²) in [5.41, 5.74) is 7.76. The van der Waals surface area contributed by atoms with Gasteiger partial charge in [-0.1, -0.05) is 0 Å². The van der Waals surface area contributed by atoms with Crippen molar-refractivity contribution >= 4 is 27.6 Å². The molecule has 0 aliphatic carbocycles. The summed E-state index contributed by atoms with van der Waals surface area (Å²) in [6.45, 7) is 0. The molecular formula is C13H10FN3O2S. The van der Waals surface area contributed by atoms with E-state index >= 15 is 0 Å². The fourth-order valence-corrected chi connectivity index (χ4v) is 2.73. The summed E-state index contributed by atoms with van der Waals surface area (Å²) >= 11 is 0. The Kier molecular flexibility index (Phi) is 3.19. The second-order valence-corrected chi connectivity index (χ2v) is 5.54. The Bertz CT molecular complexity index is 803. The zero-order valence-corrected chi connectivity index (χ0v) is 11.1. The van der Waals surface area contributed by atoms with Crippen LogP contribution in [0.2, 0.25) is 0 Å². The zero-order chi connectivity index (χ0) is 14.1. The summed E-state index contributed by atoms with van der Waals surface area (Å²) < 4.78 is 30.6. The van der Waals surface area contributed by atoms with Crippen LogP contribution < -0.4 is 5.73 Å². The first kappa shape index (κ1) is 12.7. The van der Waals surface area contributed by atoms with E-state index in [1.165, 1.54) is 12.3 Å². The standard InChI is InChI=1S/C13H10FN3O2S/c14-9-3-8(5-16-6-9)7-20(18)13-17-11-2-1-10(15)4-12(11)19-13/h1-6H,7,15H2. The van der Waals surface area contributed by atoms with E-state index in [2.05, 4.69) is 9.97 Å². The van der Waals surface area contributed by atoms with E-state index in [0.717, 1.165) is 6.20 Å². The minimum absolute atomic E-state index is 0.0903. The lowest BCUT2D eigenvalue weighted by atomic mass is 10.3. The van der Waals surface area contributed by atoms with E-state index in [1.807, 2.05) is 0 Å². The number of pyridine rings is 1. The lowest BCUT2D eigenvalue weighted by molar-refractivity contribution is 0.477. The van der Waals surface area contributed by atoms with Crippen molar-refractivity contribution in [3.8, 4) is 0 Å². The number of hydrogen-bond donors (Lipinski definition) is 1. The molecule has 2 N–H and O–H groups in total. The Hall–Kier alpha value is -2.28. The van der Waals surface area contributed by atoms with E-state index in [4.69, 9.17) is 10.2 Å². The number of benzene rings is 1. The molecule has 2 aromatic heterocycles. The summed E-state index contributed by atoms with van der Waals surface area (Å²) in [5, 5.41) is 0.0925. The monoisotopic (exact) mass is 291 g/mol. The van der Waals surface area contributed by atoms with Gasteiger partial charge in [0.15, 0.2) is 5.58 Å². The molecule has 0 saturated heterocycles. The maximum absolute atomic E-state index is 13.0. The van der Waals surface area contributed by atoms with Crippen molar-refractivity contribution in [2.45, 2.75) is 11.0 Å². The highest BCUT2D eigenvalue weighted by atomic mass is 32.2. The average molecular weight is 291 g/mol. The van der Waals surface area contributed by atoms with Crippen LogP contribution in [0.5, 0.6) is 0 Å². The summed E-state index contributed by atoms with van der Waals surface area (Å²) in [6.07, 6.45) is 2.55. The van der Waals surface area contributed by atoms with Crippen molar-refractivity contribution in [1.29, 1.82) is 0 Å². The summed E-state index contributed by atoms with van der Waals surface area (Å²) in [4.78, 5) is 7.84. The van der Waals surface area contributed by atoms with Crippen LogP contribution in [-0.4, -0.2) is 14.2 Å². The molecule has 0 radical (unpaired) electrons. The third-order valence-corrected chi connectivity index (χ3v) is 3.81. The lowest BCUT2D eigenvalue weighted by Gasteiger charge is -1.98. The van der Waals surface area contributed by atoms with Gasteiger partial charge < -0.3 is 10.2 Å². The number of nitrogen functional groups attached to an aromatic ring is 1. The van der Waals surface area contributed by atoms with Gasteiger partial charge in [-0.25, -0.2) is 13.6 Å². The maximum atomic E-state index is 13.0. The maximum Gasteiger partial charge on any atom is 0.288 e. The van der Waals surface area contributed by atoms with E-state index in [0.29, 0.717) is 22.4 Å². The number of nitrogens with zero attached hydrogens (tertiary/aromatic N) is 2. The van der Waals surface area contributed by atoms with Gasteiger partial charge >= 0.3 is 0 Å². The van der Waals surface area contributed by atoms with Crippen molar-refractivity contribution in [2.75, 3.05) is 5.73 Å². The highest BCUT2D eigenvalue weighted by Crippen LogP contribution is 2.21. The fraction of sp³-hybridized carbons (Fsp3) is 0.0769. The van der Waals surface area contributed by atoms with Crippen LogP contribution in [0, 0.1) is 5.82 Å². The smallest absolute Gasteiger partial charge is 0.288 e. The predicted molar refractivity (Wildman–Crippen MR) is 72.7 cm³/mol. The molecule has 1 aromatic carbocycles. The molecule has 3 aromatic rings. The minimum atomic E-state index is -1.51. The largest absolute Gasteiger partial charge is 0.430 e. The van der Waals surface area contributed by atoms with Gasteiger partial charge in [0.2, 0.25) is 0 Å². The number of rotatable bonds is 3. The first-order chi connectivity index (χ1) is 9.61. The van der Waals surface area contributed by atoms with Gasteiger partial charge in [0.05, 0.1) is 11.9 Å². The van der Waals surface area contributed by atoms with Gasteiger partial charge in [-0.2, -0.15) is 0 Å². The molecule has 1 unspecified atom stereocenters. The molecule has 0 aliphatic rings. The number of aromatic nitrogens is 2. The molecule has 0 saturated carbocycles. The molecule has 7 heteroatoms. The van der Waals surface area contributed by atoms with Crippen LogP contribution in [0.1, 0.15) is 5.56 Å². The van der Waals surface area contributed by atoms with Crippen molar-refractivity contribution in [2.24, 2.45) is 0 Å². The van der Waals surface area contributed by atoms with Gasteiger partial charge in [0, 0.05) is 18.0 Å². The summed E-state index contributed by atoms with van der Waals surface area (Å²) in [7, 11) is -1.51. The Labute approximate surface area is 116 Å². The fourth-order valence-electron chi connectivity index (χ4n) is 1.77. The van der Waals surface area contributed by atoms with Gasteiger partial charge in [0.1, 0.15) is 22.1 Å². The molecule has 0 spiro atoms. The summed E-state index contributed by atoms with van der Waals surface area (Å²) in [6, 6.07) is 6.28. The molecule has 2 heterocycles. The van der Waals surface area contributed by atoms with Crippen molar-refractivity contribution < 1.29 is 13.0 Å². The molecule has 0 amide bonds. The Morgan fingerprint density at radius 3 is 2.95 bits per heavy atom. The van der Waals surface area contributed by atoms with Crippen LogP contribution >= 0.6 is 0 Å². The van der Waals surface area contributed by atoms with Crippen molar-refractivity contribution in [3.63, 3.8) is 0 Å². The third kappa shape index (κ3) is 2.53. The number of anilines is 1. The number of oxazole rings is 1. The second kappa shape index (κ2) is 5.01. The van der Waals surface area contributed by atoms with E-state index in [-0.39, 0.29) is 11.0 Å². The molecule has 0 aliphatic heterocycles. The molecule has 3 rings (SSSR count). The molecular weight excluding hydrogens is 281 g/mol. The number of nitrogens with two attached hydrogens (primary N) is 1. The van der Waals surface area contributed by atoms with Gasteiger partial charge in [-0.3, -0.25) is 4.98 Å². The van der Waals surface area contributed by atoms with Crippen LogP contribution in [0.15, 0.2) is 46.3 Å². The first-order valence-electron chi connectivity index (χ1n) is 5.76. The number of fused-ring (bicyclic) bond motifs is 1. The predicted octanol–water partition coefficient (Wildman–Crippen LogP) is 2.25. The third-order valence-electron chi connectivity index (χ3n) is 2.65. The van der Waals surface area contributed by atoms with Gasteiger partial charge in [-0.05, 0) is 23.8 Å². The zero-order valence-electron chi connectivity index (χ0n) is 10.2. The normalized spacial score (nSPS) is 12.7. The molecule has 102 valence electrons. The minimum Gasteiger partial charge on any atom is -0.430 e. The average Bonchev–Trinajstić information content (AvgIpc) is 2.81. The highest BCUT2D eigenvalue weighted by molar-refractivity contribution is 7.84. The van der Waals surface area contributed by atoms with Crippen molar-refractivity contribution in [1.82, 2.24) is 9.97 Å². The number of hydrogen-bond acceptors (Lipinski definition) is 5. The van der Waals surface area contributed by atoms with E-state index in [9.17, 15) is 8.60 Å². The van der Waals surface area contributed by atoms with Crippen LogP contribution in [0.3, 0.4) is 0 Å². The van der Waals surface area contributed by atoms with Crippen LogP contribution in [0.25, 0.3) is 11.1 Å². The van der Waals surface area contributed by atoms with Crippen LogP contribution in [0.4, 0.5) is 10.1 Å². The van der Waals surface area contributed by atoms with E-state index in [1.54, 1.807) is 18.2 Å². The van der Waals surface area contributed by atoms with Crippen LogP contribution in [-0.2, 0) is 16.6 Å². The molecule has 5 nitrogen and oxygen atoms in total. The molecule has 0 fully saturated rings. The Morgan fingerprint density at radius 2 is 2.15 bits per heavy atom. The topological polar surface area (TPSA) is 82.0 Å². The lowest BCUT2D eigenvalue weighted by Crippen LogP contribution is -1.97.